The largest absolute Gasteiger partial charge is 0.449 e. The van der Waals surface area contributed by atoms with Gasteiger partial charge in [0.1, 0.15) is 5.76 Å². The van der Waals surface area contributed by atoms with Crippen molar-refractivity contribution in [1.29, 1.82) is 0 Å². The molecule has 112 valence electrons. The number of rotatable bonds is 3. The van der Waals surface area contributed by atoms with Crippen molar-refractivity contribution in [1.82, 2.24) is 14.1 Å². The van der Waals surface area contributed by atoms with Gasteiger partial charge in [0, 0.05) is 31.9 Å². The molecule has 0 unspecified atom stereocenters. The summed E-state index contributed by atoms with van der Waals surface area (Å²) in [5.41, 5.74) is 1.93. The molecule has 1 aliphatic heterocycles. The summed E-state index contributed by atoms with van der Waals surface area (Å²) in [5.74, 6) is 0.591. The van der Waals surface area contributed by atoms with Gasteiger partial charge in [-0.05, 0) is 31.1 Å². The van der Waals surface area contributed by atoms with E-state index in [1.165, 1.54) is 10.4 Å². The molecular formula is C14H17N3O3S. The molecule has 0 saturated heterocycles. The number of nitrogens with zero attached hydrogens (tertiary/aromatic N) is 3. The molecule has 21 heavy (non-hydrogen) atoms. The summed E-state index contributed by atoms with van der Waals surface area (Å²) in [4.78, 5) is 0. The Morgan fingerprint density at radius 2 is 2.14 bits per heavy atom. The number of furan rings is 1. The minimum Gasteiger partial charge on any atom is -0.449 e. The van der Waals surface area contributed by atoms with E-state index in [1.54, 1.807) is 23.9 Å². The Morgan fingerprint density at radius 1 is 1.33 bits per heavy atom. The number of sulfonamides is 1. The Bertz CT molecular complexity index is 786. The zero-order chi connectivity index (χ0) is 15.0. The summed E-state index contributed by atoms with van der Waals surface area (Å²) >= 11 is 0. The Balaban J connectivity index is 1.86. The van der Waals surface area contributed by atoms with E-state index in [4.69, 9.17) is 4.42 Å². The summed E-state index contributed by atoms with van der Waals surface area (Å²) in [5, 5.41) is 4.14. The maximum absolute atomic E-state index is 12.6. The monoisotopic (exact) mass is 307 g/mol. The number of hydrogen-bond donors (Lipinski definition) is 0. The minimum absolute atomic E-state index is 0.00689. The lowest BCUT2D eigenvalue weighted by atomic mass is 10.1. The van der Waals surface area contributed by atoms with E-state index < -0.39 is 10.0 Å². The Hall–Kier alpha value is -1.86. The molecule has 0 fully saturated rings. The van der Waals surface area contributed by atoms with Gasteiger partial charge in [-0.1, -0.05) is 6.08 Å². The van der Waals surface area contributed by atoms with E-state index in [0.29, 0.717) is 25.3 Å². The summed E-state index contributed by atoms with van der Waals surface area (Å²) < 4.78 is 33.6. The van der Waals surface area contributed by atoms with E-state index in [1.807, 2.05) is 13.2 Å². The van der Waals surface area contributed by atoms with E-state index >= 15 is 0 Å². The molecule has 7 heteroatoms. The standard InChI is InChI=1S/C14H17N3O3S/c1-11-5-6-14(20-11)21(18,19)17-7-3-4-12(10-17)13-8-15-16(2)9-13/h4-6,8-9H,3,7,10H2,1-2H3. The molecule has 0 atom stereocenters. The fraction of sp³-hybridized carbons (Fsp3) is 0.357. The highest BCUT2D eigenvalue weighted by atomic mass is 32.2. The molecule has 0 bridgehead atoms. The highest BCUT2D eigenvalue weighted by molar-refractivity contribution is 7.89. The third-order valence-electron chi connectivity index (χ3n) is 3.50. The van der Waals surface area contributed by atoms with Gasteiger partial charge in [0.25, 0.3) is 10.0 Å². The van der Waals surface area contributed by atoms with Gasteiger partial charge in [0.2, 0.25) is 5.09 Å². The second kappa shape index (κ2) is 5.16. The smallest absolute Gasteiger partial charge is 0.276 e. The van der Waals surface area contributed by atoms with Gasteiger partial charge in [-0.25, -0.2) is 8.42 Å². The summed E-state index contributed by atoms with van der Waals surface area (Å²) in [6.07, 6.45) is 6.39. The van der Waals surface area contributed by atoms with Gasteiger partial charge in [-0.3, -0.25) is 4.68 Å². The van der Waals surface area contributed by atoms with E-state index in [9.17, 15) is 8.42 Å². The Kier molecular flexibility index (Phi) is 3.46. The van der Waals surface area contributed by atoms with E-state index in [-0.39, 0.29) is 5.09 Å². The number of hydrogen-bond acceptors (Lipinski definition) is 4. The normalized spacial score (nSPS) is 17.0. The molecule has 3 rings (SSSR count). The first-order valence-electron chi connectivity index (χ1n) is 6.71. The molecule has 0 aliphatic carbocycles. The van der Waals surface area contributed by atoms with E-state index in [2.05, 4.69) is 11.2 Å². The molecular weight excluding hydrogens is 290 g/mol. The van der Waals surface area contributed by atoms with Gasteiger partial charge in [0.05, 0.1) is 6.20 Å². The van der Waals surface area contributed by atoms with Crippen molar-refractivity contribution in [3.05, 3.63) is 41.9 Å². The first-order valence-corrected chi connectivity index (χ1v) is 8.15. The van der Waals surface area contributed by atoms with Crippen LogP contribution in [0.25, 0.3) is 5.57 Å². The van der Waals surface area contributed by atoms with Crippen LogP contribution in [0.3, 0.4) is 0 Å². The highest BCUT2D eigenvalue weighted by Gasteiger charge is 2.30. The molecule has 0 spiro atoms. The summed E-state index contributed by atoms with van der Waals surface area (Å²) in [7, 11) is -1.74. The summed E-state index contributed by atoms with van der Waals surface area (Å²) in [6.45, 7) is 2.54. The molecule has 0 amide bonds. The maximum atomic E-state index is 12.6. The third-order valence-corrected chi connectivity index (χ3v) is 5.22. The molecule has 1 aliphatic rings. The van der Waals surface area contributed by atoms with Crippen LogP contribution >= 0.6 is 0 Å². The van der Waals surface area contributed by atoms with Crippen molar-refractivity contribution >= 4 is 15.6 Å². The van der Waals surface area contributed by atoms with Gasteiger partial charge < -0.3 is 4.42 Å². The second-order valence-corrected chi connectivity index (χ2v) is 6.99. The SMILES string of the molecule is Cc1ccc(S(=O)(=O)N2CCC=C(c3cnn(C)c3)C2)o1. The van der Waals surface area contributed by atoms with Crippen LogP contribution in [-0.4, -0.2) is 35.6 Å². The molecule has 2 aromatic rings. The molecule has 3 heterocycles. The van der Waals surface area contributed by atoms with Crippen LogP contribution in [0, 0.1) is 6.92 Å². The lowest BCUT2D eigenvalue weighted by Crippen LogP contribution is -2.35. The van der Waals surface area contributed by atoms with Crippen LogP contribution in [0.15, 0.2) is 40.1 Å². The average molecular weight is 307 g/mol. The van der Waals surface area contributed by atoms with Gasteiger partial charge >= 0.3 is 0 Å². The van der Waals surface area contributed by atoms with E-state index in [0.717, 1.165) is 11.1 Å². The van der Waals surface area contributed by atoms with Crippen molar-refractivity contribution in [2.75, 3.05) is 13.1 Å². The maximum Gasteiger partial charge on any atom is 0.276 e. The van der Waals surface area contributed by atoms with Crippen molar-refractivity contribution in [2.45, 2.75) is 18.4 Å². The van der Waals surface area contributed by atoms with Crippen LogP contribution in [-0.2, 0) is 17.1 Å². The summed E-state index contributed by atoms with van der Waals surface area (Å²) in [6, 6.07) is 3.17. The molecule has 0 saturated carbocycles. The number of aromatic nitrogens is 2. The zero-order valence-electron chi connectivity index (χ0n) is 12.0. The lowest BCUT2D eigenvalue weighted by Gasteiger charge is -2.25. The molecule has 2 aromatic heterocycles. The average Bonchev–Trinajstić information content (AvgIpc) is 3.08. The third kappa shape index (κ3) is 2.66. The van der Waals surface area contributed by atoms with Crippen LogP contribution in [0.5, 0.6) is 0 Å². The van der Waals surface area contributed by atoms with Crippen LogP contribution in [0.1, 0.15) is 17.7 Å². The van der Waals surface area contributed by atoms with Crippen molar-refractivity contribution < 1.29 is 12.8 Å². The minimum atomic E-state index is -3.58. The van der Waals surface area contributed by atoms with Crippen molar-refractivity contribution in [3.8, 4) is 0 Å². The Morgan fingerprint density at radius 3 is 2.76 bits per heavy atom. The fourth-order valence-corrected chi connectivity index (χ4v) is 3.78. The zero-order valence-corrected chi connectivity index (χ0v) is 12.8. The second-order valence-electron chi connectivity index (χ2n) is 5.12. The predicted molar refractivity (Wildman–Crippen MR) is 78.0 cm³/mol. The van der Waals surface area contributed by atoms with Crippen LogP contribution < -0.4 is 0 Å². The van der Waals surface area contributed by atoms with Crippen molar-refractivity contribution in [3.63, 3.8) is 0 Å². The first-order chi connectivity index (χ1) is 9.96. The first kappa shape index (κ1) is 14.1. The Labute approximate surface area is 123 Å². The molecule has 0 radical (unpaired) electrons. The van der Waals surface area contributed by atoms with Gasteiger partial charge in [-0.2, -0.15) is 9.40 Å². The molecule has 0 aromatic carbocycles. The predicted octanol–water partition coefficient (Wildman–Crippen LogP) is 1.80. The quantitative estimate of drug-likeness (QED) is 0.867. The molecule has 6 nitrogen and oxygen atoms in total. The van der Waals surface area contributed by atoms with Crippen LogP contribution in [0.2, 0.25) is 0 Å². The van der Waals surface area contributed by atoms with Gasteiger partial charge in [0.15, 0.2) is 0 Å². The highest BCUT2D eigenvalue weighted by Crippen LogP contribution is 2.26. The molecule has 0 N–H and O–H groups in total. The van der Waals surface area contributed by atoms with Crippen molar-refractivity contribution in [2.24, 2.45) is 7.05 Å². The van der Waals surface area contributed by atoms with Crippen LogP contribution in [0.4, 0.5) is 0 Å². The topological polar surface area (TPSA) is 68.3 Å². The fourth-order valence-electron chi connectivity index (χ4n) is 2.40. The van der Waals surface area contributed by atoms with Gasteiger partial charge in [-0.15, -0.1) is 0 Å². The lowest BCUT2D eigenvalue weighted by molar-refractivity contribution is 0.387. The number of aryl methyl sites for hydroxylation is 2.